The van der Waals surface area contributed by atoms with Gasteiger partial charge in [-0.1, -0.05) is 0 Å². The molecule has 25 heavy (non-hydrogen) atoms. The third kappa shape index (κ3) is 3.35. The van der Waals surface area contributed by atoms with Gasteiger partial charge in [0.2, 0.25) is 0 Å². The summed E-state index contributed by atoms with van der Waals surface area (Å²) in [5.41, 5.74) is 4.98. The number of hydrogen-bond acceptors (Lipinski definition) is 4. The lowest BCUT2D eigenvalue weighted by molar-refractivity contribution is 0.340. The number of pyridine rings is 1. The zero-order valence-electron chi connectivity index (χ0n) is 13.9. The topological polar surface area (TPSA) is 63.7 Å². The van der Waals surface area contributed by atoms with Gasteiger partial charge in [0.25, 0.3) is 0 Å². The van der Waals surface area contributed by atoms with Crippen molar-refractivity contribution in [3.63, 3.8) is 0 Å². The molecule has 1 aromatic carbocycles. The Balaban J connectivity index is 1.61. The van der Waals surface area contributed by atoms with Gasteiger partial charge in [0.15, 0.2) is 0 Å². The van der Waals surface area contributed by atoms with Crippen molar-refractivity contribution in [2.24, 2.45) is 0 Å². The fourth-order valence-corrected chi connectivity index (χ4v) is 2.81. The highest BCUT2D eigenvalue weighted by atomic mass is 16.5. The van der Waals surface area contributed by atoms with Gasteiger partial charge in [-0.15, -0.1) is 0 Å². The number of H-pyrrole nitrogens is 1. The molecular weight excluding hydrogens is 312 g/mol. The lowest BCUT2D eigenvalue weighted by atomic mass is 10.1. The number of ether oxygens (including phenoxy) is 1. The SMILES string of the molecule is CCOc1ccc(-c2cc3ccc(Cc4ccncn4)nc3[nH]2)cc1. The quantitative estimate of drug-likeness (QED) is 0.600. The summed E-state index contributed by atoms with van der Waals surface area (Å²) in [5.74, 6) is 0.882. The molecule has 0 saturated carbocycles. The van der Waals surface area contributed by atoms with Crippen molar-refractivity contribution in [3.05, 3.63) is 72.4 Å². The minimum Gasteiger partial charge on any atom is -0.494 e. The smallest absolute Gasteiger partial charge is 0.138 e. The third-order valence-corrected chi connectivity index (χ3v) is 4.02. The van der Waals surface area contributed by atoms with E-state index in [1.807, 2.05) is 31.2 Å². The summed E-state index contributed by atoms with van der Waals surface area (Å²) in [5, 5.41) is 1.09. The molecule has 5 nitrogen and oxygen atoms in total. The standard InChI is InChI=1S/C20H18N4O/c1-2-25-18-7-4-14(5-8-18)19-11-15-3-6-17(23-20(15)24-19)12-16-9-10-21-13-22-16/h3-11,13H,2,12H2,1H3,(H,23,24). The van der Waals surface area contributed by atoms with Crippen molar-refractivity contribution < 1.29 is 4.74 Å². The van der Waals surface area contributed by atoms with Gasteiger partial charge >= 0.3 is 0 Å². The van der Waals surface area contributed by atoms with Crippen LogP contribution < -0.4 is 4.74 Å². The number of nitrogens with zero attached hydrogens (tertiary/aromatic N) is 3. The van der Waals surface area contributed by atoms with Crippen LogP contribution in [0.3, 0.4) is 0 Å². The molecule has 0 bridgehead atoms. The Morgan fingerprint density at radius 2 is 1.88 bits per heavy atom. The van der Waals surface area contributed by atoms with Crippen LogP contribution in [0.1, 0.15) is 18.3 Å². The first kappa shape index (κ1) is 15.3. The molecule has 1 N–H and O–H groups in total. The molecule has 0 atom stereocenters. The van der Waals surface area contributed by atoms with Gasteiger partial charge in [0, 0.05) is 35.1 Å². The molecule has 4 rings (SSSR count). The van der Waals surface area contributed by atoms with Gasteiger partial charge in [-0.25, -0.2) is 15.0 Å². The maximum atomic E-state index is 5.50. The predicted octanol–water partition coefficient (Wildman–Crippen LogP) is 4.01. The summed E-state index contributed by atoms with van der Waals surface area (Å²) in [6.45, 7) is 2.65. The molecule has 0 aliphatic heterocycles. The van der Waals surface area contributed by atoms with Gasteiger partial charge in [0.1, 0.15) is 17.7 Å². The Kier molecular flexibility index (Phi) is 4.12. The molecule has 3 aromatic heterocycles. The number of hydrogen-bond donors (Lipinski definition) is 1. The van der Waals surface area contributed by atoms with Crippen LogP contribution in [0.15, 0.2) is 61.1 Å². The number of benzene rings is 1. The summed E-state index contributed by atoms with van der Waals surface area (Å²) in [6, 6.07) is 16.2. The minimum atomic E-state index is 0.671. The summed E-state index contributed by atoms with van der Waals surface area (Å²) in [4.78, 5) is 16.3. The fraction of sp³-hybridized carbons (Fsp3) is 0.150. The van der Waals surface area contributed by atoms with Crippen molar-refractivity contribution in [1.82, 2.24) is 19.9 Å². The van der Waals surface area contributed by atoms with E-state index in [2.05, 4.69) is 39.2 Å². The maximum Gasteiger partial charge on any atom is 0.138 e. The first-order valence-electron chi connectivity index (χ1n) is 8.28. The van der Waals surface area contributed by atoms with Gasteiger partial charge in [0.05, 0.1) is 6.61 Å². The molecule has 0 unspecified atom stereocenters. The second-order valence-electron chi connectivity index (χ2n) is 5.76. The average Bonchev–Trinajstić information content (AvgIpc) is 3.07. The average molecular weight is 330 g/mol. The zero-order valence-corrected chi connectivity index (χ0v) is 13.9. The molecule has 0 fully saturated rings. The molecule has 124 valence electrons. The monoisotopic (exact) mass is 330 g/mol. The molecule has 0 aliphatic carbocycles. The summed E-state index contributed by atoms with van der Waals surface area (Å²) >= 11 is 0. The Morgan fingerprint density at radius 3 is 2.64 bits per heavy atom. The summed E-state index contributed by atoms with van der Waals surface area (Å²) in [7, 11) is 0. The summed E-state index contributed by atoms with van der Waals surface area (Å²) in [6.07, 6.45) is 4.00. The highest BCUT2D eigenvalue weighted by Crippen LogP contribution is 2.25. The molecular formula is C20H18N4O. The number of aromatic nitrogens is 4. The highest BCUT2D eigenvalue weighted by molar-refractivity contribution is 5.83. The van der Waals surface area contributed by atoms with E-state index in [1.165, 1.54) is 0 Å². The number of nitrogens with one attached hydrogen (secondary N) is 1. The van der Waals surface area contributed by atoms with Gasteiger partial charge in [-0.3, -0.25) is 0 Å². The summed E-state index contributed by atoms with van der Waals surface area (Å²) < 4.78 is 5.50. The van der Waals surface area contributed by atoms with E-state index in [0.29, 0.717) is 13.0 Å². The van der Waals surface area contributed by atoms with Gasteiger partial charge < -0.3 is 9.72 Å². The normalized spacial score (nSPS) is 10.9. The third-order valence-electron chi connectivity index (χ3n) is 4.02. The van der Waals surface area contributed by atoms with E-state index >= 15 is 0 Å². The molecule has 0 radical (unpaired) electrons. The van der Waals surface area contributed by atoms with E-state index in [9.17, 15) is 0 Å². The lowest BCUT2D eigenvalue weighted by Gasteiger charge is -2.03. The first-order chi connectivity index (χ1) is 12.3. The maximum absolute atomic E-state index is 5.50. The number of fused-ring (bicyclic) bond motifs is 1. The Hall–Kier alpha value is -3.21. The van der Waals surface area contributed by atoms with Crippen molar-refractivity contribution in [1.29, 1.82) is 0 Å². The van der Waals surface area contributed by atoms with Gasteiger partial charge in [-0.05, 0) is 61.0 Å². The van der Waals surface area contributed by atoms with Crippen LogP contribution >= 0.6 is 0 Å². The van der Waals surface area contributed by atoms with Crippen LogP contribution in [-0.4, -0.2) is 26.5 Å². The van der Waals surface area contributed by atoms with Crippen LogP contribution in [0.2, 0.25) is 0 Å². The lowest BCUT2D eigenvalue weighted by Crippen LogP contribution is -1.95. The van der Waals surface area contributed by atoms with E-state index < -0.39 is 0 Å². The Bertz CT molecular complexity index is 978. The molecule has 0 spiro atoms. The molecule has 5 heteroatoms. The minimum absolute atomic E-state index is 0.671. The number of rotatable bonds is 5. The van der Waals surface area contributed by atoms with Crippen LogP contribution in [0.4, 0.5) is 0 Å². The van der Waals surface area contributed by atoms with Crippen LogP contribution in [0.25, 0.3) is 22.3 Å². The van der Waals surface area contributed by atoms with Crippen molar-refractivity contribution in [2.75, 3.05) is 6.61 Å². The van der Waals surface area contributed by atoms with Crippen LogP contribution in [0.5, 0.6) is 5.75 Å². The molecule has 0 amide bonds. The van der Waals surface area contributed by atoms with Crippen LogP contribution in [-0.2, 0) is 6.42 Å². The molecule has 4 aromatic rings. The molecule has 0 saturated heterocycles. The highest BCUT2D eigenvalue weighted by Gasteiger charge is 2.07. The largest absolute Gasteiger partial charge is 0.494 e. The Morgan fingerprint density at radius 1 is 1.00 bits per heavy atom. The van der Waals surface area contributed by atoms with Crippen molar-refractivity contribution >= 4 is 11.0 Å². The van der Waals surface area contributed by atoms with E-state index in [-0.39, 0.29) is 0 Å². The van der Waals surface area contributed by atoms with Gasteiger partial charge in [-0.2, -0.15) is 0 Å². The fourth-order valence-electron chi connectivity index (χ4n) is 2.81. The van der Waals surface area contributed by atoms with Crippen LogP contribution in [0, 0.1) is 0 Å². The van der Waals surface area contributed by atoms with E-state index in [4.69, 9.17) is 9.72 Å². The zero-order chi connectivity index (χ0) is 17.1. The second kappa shape index (κ2) is 6.73. The van der Waals surface area contributed by atoms with Crippen molar-refractivity contribution in [2.45, 2.75) is 13.3 Å². The first-order valence-corrected chi connectivity index (χ1v) is 8.28. The van der Waals surface area contributed by atoms with E-state index in [0.717, 1.165) is 39.4 Å². The predicted molar refractivity (Wildman–Crippen MR) is 97.5 cm³/mol. The molecule has 3 heterocycles. The molecule has 0 aliphatic rings. The Labute approximate surface area is 145 Å². The van der Waals surface area contributed by atoms with E-state index in [1.54, 1.807) is 12.5 Å². The second-order valence-corrected chi connectivity index (χ2v) is 5.76. The van der Waals surface area contributed by atoms with Crippen molar-refractivity contribution in [3.8, 4) is 17.0 Å². The number of aromatic amines is 1.